The Labute approximate surface area is 77.0 Å². The van der Waals surface area contributed by atoms with Gasteiger partial charge in [0.25, 0.3) is 0 Å². The fourth-order valence-electron chi connectivity index (χ4n) is 1.77. The molecule has 1 fully saturated rings. The molecule has 3 N–H and O–H groups in total. The van der Waals surface area contributed by atoms with E-state index in [-0.39, 0.29) is 17.5 Å². The van der Waals surface area contributed by atoms with Crippen molar-refractivity contribution in [2.24, 2.45) is 0 Å². The molecule has 2 rings (SSSR count). The summed E-state index contributed by atoms with van der Waals surface area (Å²) in [6.45, 7) is 0.986. The van der Waals surface area contributed by atoms with Crippen molar-refractivity contribution >= 4 is 0 Å². The first-order valence-corrected chi connectivity index (χ1v) is 4.52. The highest BCUT2D eigenvalue weighted by Crippen LogP contribution is 2.32. The molecular weight excluding hydrogens is 166 g/mol. The standard InChI is InChI=1S/C10H13NO2/c12-7-3-4-10(13)8(6-7)9-2-1-5-11-9/h3-4,6,9,11-13H,1-2,5H2/t9-/m1/s1. The predicted molar refractivity (Wildman–Crippen MR) is 49.7 cm³/mol. The molecule has 0 aromatic heterocycles. The summed E-state index contributed by atoms with van der Waals surface area (Å²) >= 11 is 0. The number of rotatable bonds is 1. The van der Waals surface area contributed by atoms with E-state index in [1.54, 1.807) is 6.07 Å². The first kappa shape index (κ1) is 8.38. The highest BCUT2D eigenvalue weighted by Gasteiger charge is 2.19. The second-order valence-corrected chi connectivity index (χ2v) is 3.39. The summed E-state index contributed by atoms with van der Waals surface area (Å²) in [6, 6.07) is 4.85. The quantitative estimate of drug-likeness (QED) is 0.573. The van der Waals surface area contributed by atoms with E-state index in [1.165, 1.54) is 12.1 Å². The summed E-state index contributed by atoms with van der Waals surface area (Å²) < 4.78 is 0. The number of nitrogens with one attached hydrogen (secondary N) is 1. The van der Waals surface area contributed by atoms with Gasteiger partial charge in [-0.2, -0.15) is 0 Å². The van der Waals surface area contributed by atoms with Gasteiger partial charge in [-0.25, -0.2) is 0 Å². The van der Waals surface area contributed by atoms with Crippen LogP contribution in [-0.4, -0.2) is 16.8 Å². The predicted octanol–water partition coefficient (Wildman–Crippen LogP) is 1.52. The number of aromatic hydroxyl groups is 2. The van der Waals surface area contributed by atoms with Gasteiger partial charge in [-0.05, 0) is 37.6 Å². The molecule has 0 radical (unpaired) electrons. The van der Waals surface area contributed by atoms with Crippen LogP contribution in [0.3, 0.4) is 0 Å². The molecule has 0 bridgehead atoms. The van der Waals surface area contributed by atoms with Crippen molar-refractivity contribution in [3.05, 3.63) is 23.8 Å². The number of hydrogen-bond donors (Lipinski definition) is 3. The topological polar surface area (TPSA) is 52.5 Å². The van der Waals surface area contributed by atoms with Gasteiger partial charge >= 0.3 is 0 Å². The Morgan fingerprint density at radius 3 is 2.85 bits per heavy atom. The lowest BCUT2D eigenvalue weighted by atomic mass is 10.0. The monoisotopic (exact) mass is 179 g/mol. The van der Waals surface area contributed by atoms with Crippen molar-refractivity contribution in [1.29, 1.82) is 0 Å². The van der Waals surface area contributed by atoms with Gasteiger partial charge in [-0.3, -0.25) is 0 Å². The van der Waals surface area contributed by atoms with Gasteiger partial charge in [0.2, 0.25) is 0 Å². The second-order valence-electron chi connectivity index (χ2n) is 3.39. The fraction of sp³-hybridized carbons (Fsp3) is 0.400. The van der Waals surface area contributed by atoms with Crippen LogP contribution in [0.1, 0.15) is 24.4 Å². The SMILES string of the molecule is Oc1ccc(O)c([C@H]2CCCN2)c1. The molecule has 70 valence electrons. The maximum Gasteiger partial charge on any atom is 0.120 e. The van der Waals surface area contributed by atoms with Crippen LogP contribution < -0.4 is 5.32 Å². The van der Waals surface area contributed by atoms with Crippen molar-refractivity contribution in [1.82, 2.24) is 5.32 Å². The van der Waals surface area contributed by atoms with E-state index in [2.05, 4.69) is 5.32 Å². The minimum atomic E-state index is 0.201. The van der Waals surface area contributed by atoms with Crippen LogP contribution >= 0.6 is 0 Å². The van der Waals surface area contributed by atoms with Gasteiger partial charge in [0.05, 0.1) is 0 Å². The van der Waals surface area contributed by atoms with Gasteiger partial charge in [0.15, 0.2) is 0 Å². The zero-order chi connectivity index (χ0) is 9.26. The summed E-state index contributed by atoms with van der Waals surface area (Å²) in [5, 5.41) is 22.1. The molecule has 0 unspecified atom stereocenters. The molecule has 3 heteroatoms. The zero-order valence-corrected chi connectivity index (χ0v) is 7.33. The highest BCUT2D eigenvalue weighted by molar-refractivity contribution is 5.40. The number of hydrogen-bond acceptors (Lipinski definition) is 3. The molecule has 1 aromatic carbocycles. The largest absolute Gasteiger partial charge is 0.508 e. The molecule has 0 amide bonds. The van der Waals surface area contributed by atoms with Crippen LogP contribution in [0.4, 0.5) is 0 Å². The lowest BCUT2D eigenvalue weighted by molar-refractivity contribution is 0.444. The molecular formula is C10H13NO2. The van der Waals surface area contributed by atoms with Crippen LogP contribution in [-0.2, 0) is 0 Å². The average Bonchev–Trinajstić information content (AvgIpc) is 2.61. The van der Waals surface area contributed by atoms with Crippen molar-refractivity contribution in [2.45, 2.75) is 18.9 Å². The third kappa shape index (κ3) is 1.60. The first-order valence-electron chi connectivity index (χ1n) is 4.52. The maximum atomic E-state index is 9.54. The van der Waals surface area contributed by atoms with E-state index in [1.807, 2.05) is 0 Å². The number of benzene rings is 1. The van der Waals surface area contributed by atoms with Crippen molar-refractivity contribution in [3.8, 4) is 11.5 Å². The molecule has 3 nitrogen and oxygen atoms in total. The van der Waals surface area contributed by atoms with E-state index in [4.69, 9.17) is 0 Å². The maximum absolute atomic E-state index is 9.54. The zero-order valence-electron chi connectivity index (χ0n) is 7.33. The highest BCUT2D eigenvalue weighted by atomic mass is 16.3. The Hall–Kier alpha value is -1.22. The number of phenols is 2. The molecule has 1 aliphatic heterocycles. The molecule has 0 spiro atoms. The molecule has 0 saturated carbocycles. The Morgan fingerprint density at radius 1 is 1.31 bits per heavy atom. The fourth-order valence-corrected chi connectivity index (χ4v) is 1.77. The average molecular weight is 179 g/mol. The Bertz CT molecular complexity index is 306. The van der Waals surface area contributed by atoms with E-state index < -0.39 is 0 Å². The first-order chi connectivity index (χ1) is 6.27. The van der Waals surface area contributed by atoms with E-state index in [0.717, 1.165) is 24.9 Å². The Kier molecular flexibility index (Phi) is 2.10. The van der Waals surface area contributed by atoms with Crippen LogP contribution in [0.2, 0.25) is 0 Å². The number of phenolic OH excluding ortho intramolecular Hbond substituents is 2. The smallest absolute Gasteiger partial charge is 0.120 e. The summed E-state index contributed by atoms with van der Waals surface area (Å²) in [5.74, 6) is 0.471. The Morgan fingerprint density at radius 2 is 2.15 bits per heavy atom. The lowest BCUT2D eigenvalue weighted by Gasteiger charge is -2.12. The van der Waals surface area contributed by atoms with Crippen LogP contribution in [0.25, 0.3) is 0 Å². The Balaban J connectivity index is 2.32. The van der Waals surface area contributed by atoms with Crippen LogP contribution in [0.5, 0.6) is 11.5 Å². The molecule has 1 aromatic rings. The molecule has 0 aliphatic carbocycles. The summed E-state index contributed by atoms with van der Waals surface area (Å²) in [4.78, 5) is 0. The van der Waals surface area contributed by atoms with E-state index >= 15 is 0 Å². The second kappa shape index (κ2) is 3.26. The van der Waals surface area contributed by atoms with E-state index in [9.17, 15) is 10.2 Å². The van der Waals surface area contributed by atoms with Crippen molar-refractivity contribution in [2.75, 3.05) is 6.54 Å². The van der Waals surface area contributed by atoms with Gasteiger partial charge in [0.1, 0.15) is 11.5 Å². The van der Waals surface area contributed by atoms with Gasteiger partial charge in [-0.15, -0.1) is 0 Å². The van der Waals surface area contributed by atoms with Crippen molar-refractivity contribution in [3.63, 3.8) is 0 Å². The minimum absolute atomic E-state index is 0.201. The molecule has 13 heavy (non-hydrogen) atoms. The molecule has 1 aliphatic rings. The van der Waals surface area contributed by atoms with Gasteiger partial charge < -0.3 is 15.5 Å². The third-order valence-electron chi connectivity index (χ3n) is 2.45. The molecule has 1 heterocycles. The van der Waals surface area contributed by atoms with Gasteiger partial charge in [-0.1, -0.05) is 0 Å². The molecule has 1 atom stereocenters. The van der Waals surface area contributed by atoms with Crippen molar-refractivity contribution < 1.29 is 10.2 Å². The van der Waals surface area contributed by atoms with E-state index in [0.29, 0.717) is 0 Å². The minimum Gasteiger partial charge on any atom is -0.508 e. The summed E-state index contributed by atoms with van der Waals surface area (Å²) in [7, 11) is 0. The lowest BCUT2D eigenvalue weighted by Crippen LogP contribution is -2.12. The molecule has 1 saturated heterocycles. The van der Waals surface area contributed by atoms with Gasteiger partial charge in [0, 0.05) is 11.6 Å². The third-order valence-corrected chi connectivity index (χ3v) is 2.45. The summed E-state index contributed by atoms with van der Waals surface area (Å²) in [6.07, 6.45) is 2.15. The summed E-state index contributed by atoms with van der Waals surface area (Å²) in [5.41, 5.74) is 0.803. The normalized spacial score (nSPS) is 22.0. The van der Waals surface area contributed by atoms with Crippen LogP contribution in [0.15, 0.2) is 18.2 Å². The van der Waals surface area contributed by atoms with Crippen LogP contribution in [0, 0.1) is 0 Å².